The number of aromatic hydroxyl groups is 1. The number of rotatable bonds is 2. The van der Waals surface area contributed by atoms with Gasteiger partial charge in [-0.3, -0.25) is 0 Å². The van der Waals surface area contributed by atoms with Gasteiger partial charge in [-0.2, -0.15) is 0 Å². The number of anilines is 1. The molecule has 0 unspecified atom stereocenters. The maximum Gasteiger partial charge on any atom is 0.124 e. The molecule has 136 valence electrons. The second kappa shape index (κ2) is 6.50. The van der Waals surface area contributed by atoms with Gasteiger partial charge in [0.1, 0.15) is 5.75 Å². The highest BCUT2D eigenvalue weighted by Crippen LogP contribution is 2.43. The molecule has 3 nitrogen and oxygen atoms in total. The Labute approximate surface area is 163 Å². The number of phenols is 1. The lowest BCUT2D eigenvalue weighted by Gasteiger charge is -2.29. The molecule has 1 aromatic heterocycles. The van der Waals surface area contributed by atoms with E-state index < -0.39 is 0 Å². The molecule has 0 amide bonds. The summed E-state index contributed by atoms with van der Waals surface area (Å²) in [6.07, 6.45) is 3.68. The van der Waals surface area contributed by atoms with Crippen LogP contribution in [0.1, 0.15) is 19.3 Å². The summed E-state index contributed by atoms with van der Waals surface area (Å²) in [7, 11) is 0. The zero-order valence-corrected chi connectivity index (χ0v) is 15.8. The molecule has 2 heterocycles. The minimum atomic E-state index is 0.331. The maximum absolute atomic E-state index is 10.7. The number of hydrogen-bond acceptors (Lipinski definition) is 2. The monoisotopic (exact) mass is 376 g/mol. The third-order valence-electron chi connectivity index (χ3n) is 5.57. The molecule has 1 aliphatic rings. The van der Waals surface area contributed by atoms with Crippen molar-refractivity contribution in [1.82, 2.24) is 4.98 Å². The van der Waals surface area contributed by atoms with Crippen molar-refractivity contribution in [3.05, 3.63) is 59.6 Å². The standard InChI is InChI=1S/C23H21ClN2O/c24-16-10-8-15(9-11-16)21-23(26-12-4-1-5-13-26)19-14-20(27)17-6-2-3-7-18(17)22(19)25-21/h2-3,6-11,14,25,27H,1,4-5,12-13H2. The minimum absolute atomic E-state index is 0.331. The third-order valence-corrected chi connectivity index (χ3v) is 5.82. The summed E-state index contributed by atoms with van der Waals surface area (Å²) >= 11 is 6.11. The highest BCUT2D eigenvalue weighted by molar-refractivity contribution is 6.30. The molecule has 0 aliphatic carbocycles. The maximum atomic E-state index is 10.7. The summed E-state index contributed by atoms with van der Waals surface area (Å²) in [5.41, 5.74) is 4.47. The van der Waals surface area contributed by atoms with E-state index >= 15 is 0 Å². The Morgan fingerprint density at radius 3 is 2.30 bits per heavy atom. The average Bonchev–Trinajstić information content (AvgIpc) is 3.09. The van der Waals surface area contributed by atoms with Gasteiger partial charge in [0.25, 0.3) is 0 Å². The molecule has 0 bridgehead atoms. The number of nitrogens with zero attached hydrogens (tertiary/aromatic N) is 1. The van der Waals surface area contributed by atoms with Gasteiger partial charge in [-0.25, -0.2) is 0 Å². The van der Waals surface area contributed by atoms with Crippen LogP contribution in [0.4, 0.5) is 5.69 Å². The van der Waals surface area contributed by atoms with E-state index in [1.807, 2.05) is 36.4 Å². The Morgan fingerprint density at radius 1 is 0.852 bits per heavy atom. The molecule has 2 N–H and O–H groups in total. The molecular weight excluding hydrogens is 356 g/mol. The van der Waals surface area contributed by atoms with Gasteiger partial charge in [-0.05, 0) is 37.5 Å². The smallest absolute Gasteiger partial charge is 0.124 e. The van der Waals surface area contributed by atoms with Gasteiger partial charge in [-0.15, -0.1) is 0 Å². The van der Waals surface area contributed by atoms with E-state index in [2.05, 4.69) is 28.1 Å². The van der Waals surface area contributed by atoms with Crippen molar-refractivity contribution in [3.8, 4) is 17.0 Å². The van der Waals surface area contributed by atoms with Gasteiger partial charge in [0.2, 0.25) is 0 Å². The lowest BCUT2D eigenvalue weighted by Crippen LogP contribution is -2.29. The lowest BCUT2D eigenvalue weighted by atomic mass is 10.0. The topological polar surface area (TPSA) is 39.3 Å². The van der Waals surface area contributed by atoms with Crippen molar-refractivity contribution in [1.29, 1.82) is 0 Å². The molecule has 3 aromatic carbocycles. The number of benzene rings is 3. The van der Waals surface area contributed by atoms with Crippen molar-refractivity contribution in [2.24, 2.45) is 0 Å². The first kappa shape index (κ1) is 16.5. The number of piperidine rings is 1. The summed E-state index contributed by atoms with van der Waals surface area (Å²) in [6.45, 7) is 2.09. The van der Waals surface area contributed by atoms with E-state index in [4.69, 9.17) is 11.6 Å². The lowest BCUT2D eigenvalue weighted by molar-refractivity contribution is 0.482. The van der Waals surface area contributed by atoms with Crippen LogP contribution in [-0.4, -0.2) is 23.2 Å². The van der Waals surface area contributed by atoms with Gasteiger partial charge < -0.3 is 15.0 Å². The van der Waals surface area contributed by atoms with E-state index in [1.54, 1.807) is 0 Å². The number of aromatic nitrogens is 1. The zero-order valence-electron chi connectivity index (χ0n) is 15.0. The van der Waals surface area contributed by atoms with Crippen molar-refractivity contribution in [2.45, 2.75) is 19.3 Å². The fourth-order valence-corrected chi connectivity index (χ4v) is 4.39. The van der Waals surface area contributed by atoms with Gasteiger partial charge >= 0.3 is 0 Å². The van der Waals surface area contributed by atoms with Crippen LogP contribution in [0, 0.1) is 0 Å². The fraction of sp³-hybridized carbons (Fsp3) is 0.217. The van der Waals surface area contributed by atoms with Gasteiger partial charge in [0, 0.05) is 39.8 Å². The Bertz CT molecular complexity index is 1120. The second-order valence-corrected chi connectivity index (χ2v) is 7.70. The molecule has 0 saturated carbocycles. The highest BCUT2D eigenvalue weighted by Gasteiger charge is 2.22. The quantitative estimate of drug-likeness (QED) is 0.428. The number of aromatic amines is 1. The zero-order chi connectivity index (χ0) is 18.4. The molecule has 27 heavy (non-hydrogen) atoms. The van der Waals surface area contributed by atoms with Crippen molar-refractivity contribution in [3.63, 3.8) is 0 Å². The van der Waals surface area contributed by atoms with E-state index in [9.17, 15) is 5.11 Å². The molecule has 1 aliphatic heterocycles. The second-order valence-electron chi connectivity index (χ2n) is 7.27. The molecule has 5 rings (SSSR count). The van der Waals surface area contributed by atoms with Crippen LogP contribution < -0.4 is 4.90 Å². The van der Waals surface area contributed by atoms with Crippen LogP contribution in [0.2, 0.25) is 5.02 Å². The molecular formula is C23H21ClN2O. The van der Waals surface area contributed by atoms with Gasteiger partial charge in [0.05, 0.1) is 16.9 Å². The fourth-order valence-electron chi connectivity index (χ4n) is 4.27. The van der Waals surface area contributed by atoms with Gasteiger partial charge in [0.15, 0.2) is 0 Å². The predicted molar refractivity (Wildman–Crippen MR) is 114 cm³/mol. The van der Waals surface area contributed by atoms with Crippen LogP contribution in [-0.2, 0) is 0 Å². The first-order valence-electron chi connectivity index (χ1n) is 9.49. The van der Waals surface area contributed by atoms with Crippen molar-refractivity contribution >= 4 is 39.0 Å². The summed E-state index contributed by atoms with van der Waals surface area (Å²) < 4.78 is 0. The summed E-state index contributed by atoms with van der Waals surface area (Å²) in [5, 5.41) is 14.4. The van der Waals surface area contributed by atoms with Crippen LogP contribution in [0.15, 0.2) is 54.6 Å². The number of halogens is 1. The minimum Gasteiger partial charge on any atom is -0.507 e. The molecule has 4 heteroatoms. The number of hydrogen-bond donors (Lipinski definition) is 2. The highest BCUT2D eigenvalue weighted by atomic mass is 35.5. The number of H-pyrrole nitrogens is 1. The SMILES string of the molecule is Oc1cc2c(N3CCCCC3)c(-c3ccc(Cl)cc3)[nH]c2c2ccccc12. The Balaban J connectivity index is 1.84. The van der Waals surface area contributed by atoms with E-state index in [0.717, 1.165) is 51.0 Å². The number of fused-ring (bicyclic) bond motifs is 3. The first-order valence-corrected chi connectivity index (χ1v) is 9.87. The first-order chi connectivity index (χ1) is 13.2. The number of nitrogens with one attached hydrogen (secondary N) is 1. The largest absolute Gasteiger partial charge is 0.507 e. The van der Waals surface area contributed by atoms with E-state index in [1.165, 1.54) is 24.9 Å². The molecule has 4 aromatic rings. The normalized spacial score (nSPS) is 14.9. The summed E-state index contributed by atoms with van der Waals surface area (Å²) in [4.78, 5) is 6.13. The third kappa shape index (κ3) is 2.74. The van der Waals surface area contributed by atoms with Crippen molar-refractivity contribution in [2.75, 3.05) is 18.0 Å². The molecule has 1 saturated heterocycles. The molecule has 0 atom stereocenters. The average molecular weight is 377 g/mol. The Hall–Kier alpha value is -2.65. The van der Waals surface area contributed by atoms with Crippen LogP contribution in [0.25, 0.3) is 32.9 Å². The van der Waals surface area contributed by atoms with E-state index in [0.29, 0.717) is 5.75 Å². The van der Waals surface area contributed by atoms with Crippen molar-refractivity contribution < 1.29 is 5.11 Å². The Kier molecular flexibility index (Phi) is 3.98. The summed E-state index contributed by atoms with van der Waals surface area (Å²) in [6, 6.07) is 17.9. The van der Waals surface area contributed by atoms with Crippen LogP contribution in [0.3, 0.4) is 0 Å². The molecule has 0 spiro atoms. The van der Waals surface area contributed by atoms with Crippen LogP contribution >= 0.6 is 11.6 Å². The predicted octanol–water partition coefficient (Wildman–Crippen LogP) is 6.34. The summed E-state index contributed by atoms with van der Waals surface area (Å²) in [5.74, 6) is 0.331. The van der Waals surface area contributed by atoms with E-state index in [-0.39, 0.29) is 0 Å². The number of phenolic OH excluding ortho intramolecular Hbond substituents is 1. The Morgan fingerprint density at radius 2 is 1.56 bits per heavy atom. The van der Waals surface area contributed by atoms with Gasteiger partial charge in [-0.1, -0.05) is 48.0 Å². The van der Waals surface area contributed by atoms with Crippen LogP contribution in [0.5, 0.6) is 5.75 Å². The molecule has 0 radical (unpaired) electrons. The molecule has 1 fully saturated rings.